The van der Waals surface area contributed by atoms with Crippen molar-refractivity contribution in [3.63, 3.8) is 0 Å². The SMILES string of the molecule is Cc1cc(OCc2cccc([N+](=O)[O-])c2N)ccc1Br. The van der Waals surface area contributed by atoms with Gasteiger partial charge in [0.25, 0.3) is 5.69 Å². The summed E-state index contributed by atoms with van der Waals surface area (Å²) in [6.07, 6.45) is 0. The van der Waals surface area contributed by atoms with E-state index in [1.54, 1.807) is 12.1 Å². The topological polar surface area (TPSA) is 78.4 Å². The van der Waals surface area contributed by atoms with Crippen molar-refractivity contribution < 1.29 is 9.66 Å². The van der Waals surface area contributed by atoms with Crippen LogP contribution < -0.4 is 10.5 Å². The number of nitro benzene ring substituents is 1. The summed E-state index contributed by atoms with van der Waals surface area (Å²) in [6, 6.07) is 10.3. The average Bonchev–Trinajstić information content (AvgIpc) is 2.41. The summed E-state index contributed by atoms with van der Waals surface area (Å²) in [5, 5.41) is 10.8. The maximum absolute atomic E-state index is 10.8. The van der Waals surface area contributed by atoms with Crippen LogP contribution in [-0.2, 0) is 6.61 Å². The standard InChI is InChI=1S/C14H13BrN2O3/c1-9-7-11(5-6-12(9)15)20-8-10-3-2-4-13(14(10)16)17(18)19/h2-7H,8,16H2,1H3. The summed E-state index contributed by atoms with van der Waals surface area (Å²) in [4.78, 5) is 10.3. The molecular weight excluding hydrogens is 324 g/mol. The number of aryl methyl sites for hydroxylation is 1. The van der Waals surface area contributed by atoms with E-state index in [1.807, 2.05) is 25.1 Å². The molecule has 0 amide bonds. The molecule has 0 atom stereocenters. The molecule has 20 heavy (non-hydrogen) atoms. The second kappa shape index (κ2) is 5.92. The molecule has 0 saturated heterocycles. The van der Waals surface area contributed by atoms with E-state index >= 15 is 0 Å². The number of benzene rings is 2. The normalized spacial score (nSPS) is 10.3. The molecular formula is C14H13BrN2O3. The molecule has 2 N–H and O–H groups in total. The van der Waals surface area contributed by atoms with Gasteiger partial charge in [-0.3, -0.25) is 10.1 Å². The van der Waals surface area contributed by atoms with Gasteiger partial charge in [-0.1, -0.05) is 28.1 Å². The highest BCUT2D eigenvalue weighted by Gasteiger charge is 2.14. The molecule has 0 aliphatic carbocycles. The predicted molar refractivity (Wildman–Crippen MR) is 80.7 cm³/mol. The summed E-state index contributed by atoms with van der Waals surface area (Å²) >= 11 is 3.41. The van der Waals surface area contributed by atoms with E-state index in [9.17, 15) is 10.1 Å². The fourth-order valence-corrected chi connectivity index (χ4v) is 2.00. The molecule has 0 heterocycles. The van der Waals surface area contributed by atoms with Gasteiger partial charge in [-0.2, -0.15) is 0 Å². The highest BCUT2D eigenvalue weighted by Crippen LogP contribution is 2.27. The number of para-hydroxylation sites is 1. The van der Waals surface area contributed by atoms with Crippen molar-refractivity contribution in [3.05, 3.63) is 62.1 Å². The van der Waals surface area contributed by atoms with Crippen LogP contribution in [0, 0.1) is 17.0 Å². The third-order valence-electron chi connectivity index (χ3n) is 2.89. The first-order chi connectivity index (χ1) is 9.49. The van der Waals surface area contributed by atoms with Crippen LogP contribution in [0.2, 0.25) is 0 Å². The number of rotatable bonds is 4. The summed E-state index contributed by atoms with van der Waals surface area (Å²) in [7, 11) is 0. The van der Waals surface area contributed by atoms with E-state index in [-0.39, 0.29) is 18.0 Å². The number of ether oxygens (including phenoxy) is 1. The Kier molecular flexibility index (Phi) is 4.24. The number of nitro groups is 1. The van der Waals surface area contributed by atoms with Gasteiger partial charge in [-0.05, 0) is 30.7 Å². The first kappa shape index (κ1) is 14.3. The van der Waals surface area contributed by atoms with Crippen molar-refractivity contribution in [1.82, 2.24) is 0 Å². The second-order valence-electron chi connectivity index (χ2n) is 4.31. The Labute approximate surface area is 124 Å². The zero-order chi connectivity index (χ0) is 14.7. The maximum Gasteiger partial charge on any atom is 0.292 e. The molecule has 5 nitrogen and oxygen atoms in total. The third kappa shape index (κ3) is 3.08. The lowest BCUT2D eigenvalue weighted by atomic mass is 10.1. The monoisotopic (exact) mass is 336 g/mol. The van der Waals surface area contributed by atoms with Gasteiger partial charge >= 0.3 is 0 Å². The fourth-order valence-electron chi connectivity index (χ4n) is 1.75. The molecule has 0 bridgehead atoms. The Morgan fingerprint density at radius 2 is 2.10 bits per heavy atom. The number of nitrogens with zero attached hydrogens (tertiary/aromatic N) is 1. The van der Waals surface area contributed by atoms with Crippen molar-refractivity contribution >= 4 is 27.3 Å². The second-order valence-corrected chi connectivity index (χ2v) is 5.16. The van der Waals surface area contributed by atoms with Crippen LogP contribution in [0.25, 0.3) is 0 Å². The van der Waals surface area contributed by atoms with Crippen LogP contribution >= 0.6 is 15.9 Å². The van der Waals surface area contributed by atoms with Crippen molar-refractivity contribution in [2.45, 2.75) is 13.5 Å². The third-order valence-corrected chi connectivity index (χ3v) is 3.78. The number of nitrogen functional groups attached to an aromatic ring is 1. The molecule has 2 aromatic carbocycles. The molecule has 0 aromatic heterocycles. The first-order valence-corrected chi connectivity index (χ1v) is 6.69. The van der Waals surface area contributed by atoms with Crippen LogP contribution in [0.4, 0.5) is 11.4 Å². The van der Waals surface area contributed by atoms with E-state index in [0.717, 1.165) is 10.0 Å². The van der Waals surface area contributed by atoms with E-state index in [4.69, 9.17) is 10.5 Å². The summed E-state index contributed by atoms with van der Waals surface area (Å²) in [5.74, 6) is 0.691. The zero-order valence-corrected chi connectivity index (χ0v) is 12.4. The molecule has 0 fully saturated rings. The van der Waals surface area contributed by atoms with Crippen LogP contribution in [0.1, 0.15) is 11.1 Å². The van der Waals surface area contributed by atoms with Gasteiger partial charge in [0.2, 0.25) is 0 Å². The molecule has 0 aliphatic rings. The molecule has 104 valence electrons. The smallest absolute Gasteiger partial charge is 0.292 e. The number of halogens is 1. The van der Waals surface area contributed by atoms with E-state index in [0.29, 0.717) is 11.3 Å². The van der Waals surface area contributed by atoms with E-state index in [1.165, 1.54) is 6.07 Å². The Hall–Kier alpha value is -2.08. The lowest BCUT2D eigenvalue weighted by Gasteiger charge is -2.09. The first-order valence-electron chi connectivity index (χ1n) is 5.89. The van der Waals surface area contributed by atoms with Crippen LogP contribution in [0.15, 0.2) is 40.9 Å². The molecule has 0 saturated carbocycles. The highest BCUT2D eigenvalue weighted by atomic mass is 79.9. The van der Waals surface area contributed by atoms with E-state index < -0.39 is 4.92 Å². The molecule has 0 aliphatic heterocycles. The van der Waals surface area contributed by atoms with Gasteiger partial charge in [0.15, 0.2) is 0 Å². The van der Waals surface area contributed by atoms with Crippen molar-refractivity contribution in [2.75, 3.05) is 5.73 Å². The van der Waals surface area contributed by atoms with Gasteiger partial charge in [0.05, 0.1) is 4.92 Å². The van der Waals surface area contributed by atoms with Gasteiger partial charge in [0.1, 0.15) is 18.0 Å². The predicted octanol–water partition coefficient (Wildman–Crippen LogP) is 3.83. The summed E-state index contributed by atoms with van der Waals surface area (Å²) in [6.45, 7) is 2.15. The summed E-state index contributed by atoms with van der Waals surface area (Å²) in [5.41, 5.74) is 7.47. The van der Waals surface area contributed by atoms with Gasteiger partial charge in [0, 0.05) is 16.1 Å². The quantitative estimate of drug-likeness (QED) is 0.522. The minimum Gasteiger partial charge on any atom is -0.489 e. The van der Waals surface area contributed by atoms with Gasteiger partial charge in [-0.25, -0.2) is 0 Å². The molecule has 0 unspecified atom stereocenters. The maximum atomic E-state index is 10.8. The largest absolute Gasteiger partial charge is 0.489 e. The minimum absolute atomic E-state index is 0.0990. The number of hydrogen-bond donors (Lipinski definition) is 1. The number of hydrogen-bond acceptors (Lipinski definition) is 4. The molecule has 0 radical (unpaired) electrons. The van der Waals surface area contributed by atoms with Crippen molar-refractivity contribution in [1.29, 1.82) is 0 Å². The van der Waals surface area contributed by atoms with Crippen LogP contribution in [0.5, 0.6) is 5.75 Å². The van der Waals surface area contributed by atoms with E-state index in [2.05, 4.69) is 15.9 Å². The molecule has 2 aromatic rings. The Morgan fingerprint density at radius 3 is 2.75 bits per heavy atom. The van der Waals surface area contributed by atoms with Crippen LogP contribution in [-0.4, -0.2) is 4.92 Å². The van der Waals surface area contributed by atoms with Crippen molar-refractivity contribution in [3.8, 4) is 5.75 Å². The fraction of sp³-hybridized carbons (Fsp3) is 0.143. The number of anilines is 1. The lowest BCUT2D eigenvalue weighted by molar-refractivity contribution is -0.384. The molecule has 0 spiro atoms. The zero-order valence-electron chi connectivity index (χ0n) is 10.8. The molecule has 6 heteroatoms. The minimum atomic E-state index is -0.497. The van der Waals surface area contributed by atoms with Crippen molar-refractivity contribution in [2.24, 2.45) is 0 Å². The Morgan fingerprint density at radius 1 is 1.35 bits per heavy atom. The van der Waals surface area contributed by atoms with Gasteiger partial charge in [-0.15, -0.1) is 0 Å². The number of nitrogens with two attached hydrogens (primary N) is 1. The summed E-state index contributed by atoms with van der Waals surface area (Å²) < 4.78 is 6.62. The average molecular weight is 337 g/mol. The lowest BCUT2D eigenvalue weighted by Crippen LogP contribution is -2.03. The molecule has 2 rings (SSSR count). The van der Waals surface area contributed by atoms with Crippen LogP contribution in [0.3, 0.4) is 0 Å². The Balaban J connectivity index is 2.17. The highest BCUT2D eigenvalue weighted by molar-refractivity contribution is 9.10. The van der Waals surface area contributed by atoms with Gasteiger partial charge < -0.3 is 10.5 Å². The Bertz CT molecular complexity index is 659.